The number of carbonyl (C=O) groups excluding carboxylic acids is 1. The van der Waals surface area contributed by atoms with Gasteiger partial charge in [0.15, 0.2) is 10.8 Å². The van der Waals surface area contributed by atoms with Crippen molar-refractivity contribution >= 4 is 39.0 Å². The Morgan fingerprint density at radius 1 is 1.10 bits per heavy atom. The van der Waals surface area contributed by atoms with E-state index >= 15 is 0 Å². The van der Waals surface area contributed by atoms with E-state index in [9.17, 15) is 17.6 Å². The van der Waals surface area contributed by atoms with Gasteiger partial charge in [-0.05, 0) is 35.9 Å². The van der Waals surface area contributed by atoms with Crippen molar-refractivity contribution in [3.05, 3.63) is 82.0 Å². The highest BCUT2D eigenvalue weighted by Gasteiger charge is 2.44. The van der Waals surface area contributed by atoms with Crippen LogP contribution in [0.15, 0.2) is 60.0 Å². The van der Waals surface area contributed by atoms with Gasteiger partial charge in [0.25, 0.3) is 10.0 Å². The van der Waals surface area contributed by atoms with Crippen molar-refractivity contribution in [3.63, 3.8) is 0 Å². The summed E-state index contributed by atoms with van der Waals surface area (Å²) in [5.74, 6) is -1.86. The fourth-order valence-electron chi connectivity index (χ4n) is 3.84. The molecule has 0 N–H and O–H groups in total. The van der Waals surface area contributed by atoms with Gasteiger partial charge in [0, 0.05) is 53.8 Å². The number of benzene rings is 2. The number of aromatic nitrogens is 2. The van der Waals surface area contributed by atoms with E-state index < -0.39 is 27.7 Å². The second kappa shape index (κ2) is 8.35. The number of rotatable bonds is 5. The average Bonchev–Trinajstić information content (AvgIpc) is 3.35. The second-order valence-electron chi connectivity index (χ2n) is 7.49. The van der Waals surface area contributed by atoms with E-state index in [0.29, 0.717) is 21.2 Å². The molecule has 2 atom stereocenters. The Balaban J connectivity index is 1.73. The number of carbonyl (C=O) groups is 1. The predicted molar refractivity (Wildman–Crippen MR) is 115 cm³/mol. The molecule has 0 amide bonds. The van der Waals surface area contributed by atoms with Crippen molar-refractivity contribution in [3.8, 4) is 0 Å². The van der Waals surface area contributed by atoms with Crippen LogP contribution in [0.2, 0.25) is 10.0 Å². The molecule has 0 bridgehead atoms. The molecule has 31 heavy (non-hydrogen) atoms. The molecule has 1 aliphatic rings. The molecule has 4 rings (SSSR count). The van der Waals surface area contributed by atoms with Crippen LogP contribution in [0, 0.1) is 11.7 Å². The fourth-order valence-corrected chi connectivity index (χ4v) is 5.83. The maximum atomic E-state index is 13.5. The van der Waals surface area contributed by atoms with E-state index in [0.717, 1.165) is 0 Å². The van der Waals surface area contributed by atoms with Crippen molar-refractivity contribution in [2.24, 2.45) is 13.0 Å². The molecule has 1 saturated heterocycles. The first-order chi connectivity index (χ1) is 14.6. The molecule has 10 heteroatoms. The van der Waals surface area contributed by atoms with Gasteiger partial charge in [-0.25, -0.2) is 17.8 Å². The summed E-state index contributed by atoms with van der Waals surface area (Å²) in [5, 5.41) is 0.530. The van der Waals surface area contributed by atoms with Crippen LogP contribution < -0.4 is 0 Å². The summed E-state index contributed by atoms with van der Waals surface area (Å²) in [6.07, 6.45) is 2.81. The molecule has 0 saturated carbocycles. The van der Waals surface area contributed by atoms with E-state index in [1.165, 1.54) is 51.7 Å². The van der Waals surface area contributed by atoms with E-state index in [4.69, 9.17) is 23.2 Å². The van der Waals surface area contributed by atoms with Gasteiger partial charge in [-0.15, -0.1) is 0 Å². The molecule has 0 radical (unpaired) electrons. The van der Waals surface area contributed by atoms with Crippen LogP contribution in [-0.4, -0.2) is 41.1 Å². The van der Waals surface area contributed by atoms with Crippen molar-refractivity contribution in [2.45, 2.75) is 10.9 Å². The number of sulfonamides is 1. The van der Waals surface area contributed by atoms with Crippen molar-refractivity contribution in [2.75, 3.05) is 13.1 Å². The van der Waals surface area contributed by atoms with Crippen LogP contribution in [0.1, 0.15) is 21.8 Å². The van der Waals surface area contributed by atoms with Crippen molar-refractivity contribution in [1.82, 2.24) is 13.9 Å². The number of ketones is 1. The van der Waals surface area contributed by atoms with Crippen LogP contribution in [-0.2, 0) is 17.1 Å². The Bertz CT molecular complexity index is 1220. The monoisotopic (exact) mass is 481 g/mol. The minimum Gasteiger partial charge on any atom is -0.339 e. The summed E-state index contributed by atoms with van der Waals surface area (Å²) in [6.45, 7) is 0.0269. The number of hydrogen-bond donors (Lipinski definition) is 0. The largest absolute Gasteiger partial charge is 0.339 e. The smallest absolute Gasteiger partial charge is 0.262 e. The summed E-state index contributed by atoms with van der Waals surface area (Å²) in [4.78, 5) is 17.3. The molecule has 162 valence electrons. The average molecular weight is 482 g/mol. The lowest BCUT2D eigenvalue weighted by molar-refractivity contribution is 0.0918. The molecule has 0 aliphatic carbocycles. The molecule has 6 nitrogen and oxygen atoms in total. The van der Waals surface area contributed by atoms with Gasteiger partial charge in [0.05, 0.1) is 6.33 Å². The molecular weight excluding hydrogens is 464 g/mol. The maximum Gasteiger partial charge on any atom is 0.262 e. The van der Waals surface area contributed by atoms with Crippen LogP contribution in [0.3, 0.4) is 0 Å². The Morgan fingerprint density at radius 3 is 2.32 bits per heavy atom. The van der Waals surface area contributed by atoms with Gasteiger partial charge in [0.2, 0.25) is 0 Å². The predicted octanol–water partition coefficient (Wildman–Crippen LogP) is 4.15. The van der Waals surface area contributed by atoms with Crippen LogP contribution in [0.25, 0.3) is 0 Å². The quantitative estimate of drug-likeness (QED) is 0.513. The van der Waals surface area contributed by atoms with E-state index in [1.807, 2.05) is 0 Å². The van der Waals surface area contributed by atoms with Gasteiger partial charge in [0.1, 0.15) is 5.82 Å². The summed E-state index contributed by atoms with van der Waals surface area (Å²) in [5.41, 5.74) is 0.971. The number of imidazole rings is 1. The molecule has 2 heterocycles. The minimum absolute atomic E-state index is 0.0378. The molecule has 3 aromatic rings. The summed E-state index contributed by atoms with van der Waals surface area (Å²) in [6, 6.07) is 10.3. The zero-order valence-electron chi connectivity index (χ0n) is 16.4. The Hall–Kier alpha value is -2.26. The molecule has 2 aromatic carbocycles. The molecule has 0 unspecified atom stereocenters. The van der Waals surface area contributed by atoms with E-state index in [2.05, 4.69) is 4.98 Å². The highest BCUT2D eigenvalue weighted by Crippen LogP contribution is 2.38. The van der Waals surface area contributed by atoms with E-state index in [-0.39, 0.29) is 23.9 Å². The zero-order chi connectivity index (χ0) is 22.3. The van der Waals surface area contributed by atoms with Gasteiger partial charge < -0.3 is 4.57 Å². The lowest BCUT2D eigenvalue weighted by Gasteiger charge is -2.18. The third kappa shape index (κ3) is 4.39. The Morgan fingerprint density at radius 2 is 1.74 bits per heavy atom. The molecule has 0 spiro atoms. The highest BCUT2D eigenvalue weighted by atomic mass is 35.5. The molecule has 1 fully saturated rings. The Labute approximate surface area is 189 Å². The summed E-state index contributed by atoms with van der Waals surface area (Å²) >= 11 is 12.1. The number of Topliss-reactive ketones (excluding diaryl/α,β-unsaturated/α-hetero) is 1. The maximum absolute atomic E-state index is 13.5. The third-order valence-corrected chi connectivity index (χ3v) is 7.51. The minimum atomic E-state index is -3.91. The van der Waals surface area contributed by atoms with Crippen molar-refractivity contribution in [1.29, 1.82) is 0 Å². The third-order valence-electron chi connectivity index (χ3n) is 5.35. The highest BCUT2D eigenvalue weighted by molar-refractivity contribution is 7.89. The van der Waals surface area contributed by atoms with E-state index in [1.54, 1.807) is 19.2 Å². The Kier molecular flexibility index (Phi) is 5.91. The van der Waals surface area contributed by atoms with Crippen LogP contribution in [0.4, 0.5) is 4.39 Å². The molecule has 1 aliphatic heterocycles. The summed E-state index contributed by atoms with van der Waals surface area (Å²) < 4.78 is 42.5. The first kappa shape index (κ1) is 22.0. The van der Waals surface area contributed by atoms with Crippen molar-refractivity contribution < 1.29 is 17.6 Å². The van der Waals surface area contributed by atoms with Crippen LogP contribution in [0.5, 0.6) is 0 Å². The standard InChI is InChI=1S/C21H18Cl2FN3O3S/c1-26-11-20(25-12-26)31(29,30)27-9-18(13-2-4-17(24)5-3-13)19(10-27)21(28)14-6-15(22)8-16(23)7-14/h2-8,11-12,18-19H,9-10H2,1H3/t18-,19+/m0/s1. The number of nitrogens with zero attached hydrogens (tertiary/aromatic N) is 3. The van der Waals surface area contributed by atoms with Gasteiger partial charge >= 0.3 is 0 Å². The normalized spacial score (nSPS) is 19.6. The SMILES string of the molecule is Cn1cnc(S(=O)(=O)N2C[C@@H](C(=O)c3cc(Cl)cc(Cl)c3)[C@H](c3ccc(F)cc3)C2)c1. The van der Waals surface area contributed by atoms with Gasteiger partial charge in [-0.2, -0.15) is 4.31 Å². The number of hydrogen-bond acceptors (Lipinski definition) is 4. The fraction of sp³-hybridized carbons (Fsp3) is 0.238. The molecular formula is C21H18Cl2FN3O3S. The lowest BCUT2D eigenvalue weighted by Crippen LogP contribution is -2.30. The first-order valence-electron chi connectivity index (χ1n) is 9.39. The zero-order valence-corrected chi connectivity index (χ0v) is 18.7. The molecule has 1 aromatic heterocycles. The topological polar surface area (TPSA) is 72.3 Å². The van der Waals surface area contributed by atoms with Gasteiger partial charge in [-0.1, -0.05) is 35.3 Å². The van der Waals surface area contributed by atoms with Gasteiger partial charge in [-0.3, -0.25) is 4.79 Å². The number of halogens is 3. The second-order valence-corrected chi connectivity index (χ2v) is 10.2. The summed E-state index contributed by atoms with van der Waals surface area (Å²) in [7, 11) is -2.24. The lowest BCUT2D eigenvalue weighted by atomic mass is 9.84. The van der Waals surface area contributed by atoms with Crippen LogP contribution >= 0.6 is 23.2 Å². The number of aryl methyl sites for hydroxylation is 1. The first-order valence-corrected chi connectivity index (χ1v) is 11.6.